The van der Waals surface area contributed by atoms with E-state index in [2.05, 4.69) is 52.1 Å². The number of aromatic nitrogens is 4. The summed E-state index contributed by atoms with van der Waals surface area (Å²) in [6, 6.07) is 2.28. The highest BCUT2D eigenvalue weighted by Gasteiger charge is 2.15. The van der Waals surface area contributed by atoms with Gasteiger partial charge in [0.2, 0.25) is 0 Å². The molecule has 3 rings (SSSR count). The maximum atomic E-state index is 11.9. The number of fused-ring (bicyclic) bond motifs is 1. The van der Waals surface area contributed by atoms with E-state index < -0.39 is 0 Å². The number of nitrogens with zero attached hydrogens (tertiary/aromatic N) is 3. The van der Waals surface area contributed by atoms with Crippen LogP contribution in [0, 0.1) is 19.8 Å². The average Bonchev–Trinajstić information content (AvgIpc) is 3.07. The molecule has 0 radical (unpaired) electrons. The molecule has 2 atom stereocenters. The Balaban J connectivity index is 1.67. The molecule has 162 valence electrons. The number of hydrogen-bond acceptors (Lipinski definition) is 8. The largest absolute Gasteiger partial charge is 0.396 e. The second-order valence-corrected chi connectivity index (χ2v) is 9.89. The summed E-state index contributed by atoms with van der Waals surface area (Å²) in [4.78, 5) is 28.3. The Kier molecular flexibility index (Phi) is 7.85. The third-order valence-corrected chi connectivity index (χ3v) is 6.64. The van der Waals surface area contributed by atoms with E-state index in [0.29, 0.717) is 16.6 Å². The smallest absolute Gasteiger partial charge is 0.306 e. The Labute approximate surface area is 184 Å². The number of H-pyrrole nitrogens is 1. The molecule has 7 nitrogen and oxygen atoms in total. The first kappa shape index (κ1) is 22.7. The predicted octanol–water partition coefficient (Wildman–Crippen LogP) is 3.94. The van der Waals surface area contributed by atoms with Gasteiger partial charge in [-0.3, -0.25) is 14.8 Å². The van der Waals surface area contributed by atoms with Crippen LogP contribution in [0.4, 0.5) is 5.82 Å². The number of nitrogens with one attached hydrogen (secondary N) is 2. The van der Waals surface area contributed by atoms with E-state index in [9.17, 15) is 9.90 Å². The van der Waals surface area contributed by atoms with Gasteiger partial charge in [0.05, 0.1) is 0 Å². The highest BCUT2D eigenvalue weighted by atomic mass is 32.2. The van der Waals surface area contributed by atoms with Crippen molar-refractivity contribution in [2.45, 2.75) is 58.2 Å². The van der Waals surface area contributed by atoms with Crippen LogP contribution in [0.25, 0.3) is 10.3 Å². The monoisotopic (exact) mass is 447 g/mol. The number of aliphatic hydroxyl groups excluding tert-OH is 1. The van der Waals surface area contributed by atoms with Gasteiger partial charge in [-0.15, -0.1) is 0 Å². The SMILES string of the molecule is Cc1cnc(CCCSc2nc(NC(C)C[C@@H](C)CO)c3sc(=O)[nH]c3n2)c(C)c1. The molecule has 0 spiro atoms. The highest BCUT2D eigenvalue weighted by Crippen LogP contribution is 2.27. The summed E-state index contributed by atoms with van der Waals surface area (Å²) in [7, 11) is 0. The van der Waals surface area contributed by atoms with Gasteiger partial charge in [0.1, 0.15) is 4.70 Å². The van der Waals surface area contributed by atoms with E-state index in [1.807, 2.05) is 13.1 Å². The second kappa shape index (κ2) is 10.4. The van der Waals surface area contributed by atoms with Crippen molar-refractivity contribution < 1.29 is 5.11 Å². The van der Waals surface area contributed by atoms with Crippen LogP contribution in [-0.4, -0.2) is 43.4 Å². The van der Waals surface area contributed by atoms with Crippen LogP contribution in [0.2, 0.25) is 0 Å². The number of pyridine rings is 1. The second-order valence-electron chi connectivity index (χ2n) is 7.84. The van der Waals surface area contributed by atoms with Crippen LogP contribution < -0.4 is 10.2 Å². The van der Waals surface area contributed by atoms with Gasteiger partial charge in [0.15, 0.2) is 16.6 Å². The molecule has 0 aliphatic carbocycles. The average molecular weight is 448 g/mol. The van der Waals surface area contributed by atoms with Crippen molar-refractivity contribution in [1.82, 2.24) is 19.9 Å². The summed E-state index contributed by atoms with van der Waals surface area (Å²) in [6.07, 6.45) is 4.61. The maximum Gasteiger partial charge on any atom is 0.306 e. The minimum absolute atomic E-state index is 0.121. The Hall–Kier alpha value is -1.97. The number of anilines is 1. The molecule has 0 fully saturated rings. The van der Waals surface area contributed by atoms with Gasteiger partial charge in [0, 0.05) is 30.3 Å². The lowest BCUT2D eigenvalue weighted by Crippen LogP contribution is -2.20. The fourth-order valence-electron chi connectivity index (χ4n) is 3.37. The van der Waals surface area contributed by atoms with Crippen molar-refractivity contribution in [2.75, 3.05) is 17.7 Å². The molecule has 0 saturated heterocycles. The number of rotatable bonds is 10. The summed E-state index contributed by atoms with van der Waals surface area (Å²) < 4.78 is 0.743. The van der Waals surface area contributed by atoms with Gasteiger partial charge in [0.25, 0.3) is 0 Å². The summed E-state index contributed by atoms with van der Waals surface area (Å²) in [5, 5.41) is 13.3. The fraction of sp³-hybridized carbons (Fsp3) is 0.524. The summed E-state index contributed by atoms with van der Waals surface area (Å²) in [5.41, 5.74) is 4.11. The maximum absolute atomic E-state index is 11.9. The van der Waals surface area contributed by atoms with E-state index in [-0.39, 0.29) is 23.4 Å². The Bertz CT molecular complexity index is 1050. The Morgan fingerprint density at radius 1 is 1.30 bits per heavy atom. The number of aryl methyl sites for hydroxylation is 3. The van der Waals surface area contributed by atoms with E-state index in [1.54, 1.807) is 11.8 Å². The van der Waals surface area contributed by atoms with Crippen molar-refractivity contribution in [1.29, 1.82) is 0 Å². The number of hydrogen-bond donors (Lipinski definition) is 3. The van der Waals surface area contributed by atoms with Gasteiger partial charge in [-0.05, 0) is 57.1 Å². The van der Waals surface area contributed by atoms with Gasteiger partial charge < -0.3 is 10.4 Å². The molecule has 0 bridgehead atoms. The lowest BCUT2D eigenvalue weighted by Gasteiger charge is -2.18. The van der Waals surface area contributed by atoms with Crippen LogP contribution in [0.3, 0.4) is 0 Å². The zero-order valence-electron chi connectivity index (χ0n) is 17.9. The first-order chi connectivity index (χ1) is 14.4. The van der Waals surface area contributed by atoms with Crippen molar-refractivity contribution in [2.24, 2.45) is 5.92 Å². The molecule has 3 N–H and O–H groups in total. The van der Waals surface area contributed by atoms with Crippen LogP contribution in [0.5, 0.6) is 0 Å². The third kappa shape index (κ3) is 6.02. The Morgan fingerprint density at radius 2 is 2.10 bits per heavy atom. The van der Waals surface area contributed by atoms with Crippen molar-refractivity contribution in [3.63, 3.8) is 0 Å². The highest BCUT2D eigenvalue weighted by molar-refractivity contribution is 7.99. The molecule has 3 aromatic heterocycles. The zero-order chi connectivity index (χ0) is 21.7. The lowest BCUT2D eigenvalue weighted by atomic mass is 10.0. The molecular weight excluding hydrogens is 418 g/mol. The van der Waals surface area contributed by atoms with Crippen LogP contribution >= 0.6 is 23.1 Å². The van der Waals surface area contributed by atoms with E-state index in [1.165, 1.54) is 11.1 Å². The Morgan fingerprint density at radius 3 is 2.83 bits per heavy atom. The van der Waals surface area contributed by atoms with Gasteiger partial charge in [-0.25, -0.2) is 9.97 Å². The summed E-state index contributed by atoms with van der Waals surface area (Å²) in [5.74, 6) is 1.74. The molecule has 0 saturated carbocycles. The number of thioether (sulfide) groups is 1. The van der Waals surface area contributed by atoms with Crippen molar-refractivity contribution in [3.8, 4) is 0 Å². The van der Waals surface area contributed by atoms with Gasteiger partial charge in [-0.2, -0.15) is 0 Å². The molecule has 0 amide bonds. The lowest BCUT2D eigenvalue weighted by molar-refractivity contribution is 0.226. The standard InChI is InChI=1S/C21H29N5O2S2/c1-12-8-14(3)16(22-10-12)6-5-7-29-20-24-18(23-15(4)9-13(2)11-27)17-19(25-20)26-21(28)30-17/h8,10,13,15,27H,5-7,9,11H2,1-4H3,(H2,23,24,25,26,28)/t13-,15?/m1/s1. The number of aliphatic hydroxyl groups is 1. The van der Waals surface area contributed by atoms with Crippen molar-refractivity contribution in [3.05, 3.63) is 38.8 Å². The van der Waals surface area contributed by atoms with Gasteiger partial charge in [-0.1, -0.05) is 36.1 Å². The van der Waals surface area contributed by atoms with E-state index in [0.717, 1.165) is 46.7 Å². The minimum Gasteiger partial charge on any atom is -0.396 e. The topological polar surface area (TPSA) is 104 Å². The van der Waals surface area contributed by atoms with Crippen LogP contribution in [0.15, 0.2) is 22.2 Å². The normalized spacial score (nSPS) is 13.5. The summed E-state index contributed by atoms with van der Waals surface area (Å²) in [6.45, 7) is 8.37. The minimum atomic E-state index is -0.137. The molecule has 0 aliphatic heterocycles. The number of thiazole rings is 1. The first-order valence-electron chi connectivity index (χ1n) is 10.2. The first-order valence-corrected chi connectivity index (χ1v) is 12.0. The van der Waals surface area contributed by atoms with Crippen LogP contribution in [0.1, 0.15) is 43.5 Å². The molecular formula is C21H29N5O2S2. The molecule has 0 aliphatic rings. The number of aromatic amines is 1. The molecule has 9 heteroatoms. The zero-order valence-corrected chi connectivity index (χ0v) is 19.5. The van der Waals surface area contributed by atoms with Crippen molar-refractivity contribution >= 4 is 39.3 Å². The third-order valence-electron chi connectivity index (χ3n) is 4.82. The quantitative estimate of drug-likeness (QED) is 0.246. The molecule has 3 aromatic rings. The van der Waals surface area contributed by atoms with E-state index in [4.69, 9.17) is 0 Å². The molecule has 1 unspecified atom stereocenters. The summed E-state index contributed by atoms with van der Waals surface area (Å²) >= 11 is 2.70. The van der Waals surface area contributed by atoms with Crippen LogP contribution in [-0.2, 0) is 6.42 Å². The predicted molar refractivity (Wildman–Crippen MR) is 125 cm³/mol. The molecule has 3 heterocycles. The van der Waals surface area contributed by atoms with Gasteiger partial charge >= 0.3 is 4.87 Å². The van der Waals surface area contributed by atoms with E-state index >= 15 is 0 Å². The molecule has 0 aromatic carbocycles. The fourth-order valence-corrected chi connectivity index (χ4v) is 4.88. The molecule has 30 heavy (non-hydrogen) atoms.